The first kappa shape index (κ1) is 16.4. The Kier molecular flexibility index (Phi) is 5.25. The van der Waals surface area contributed by atoms with Crippen LogP contribution in [0.4, 0.5) is 5.69 Å². The van der Waals surface area contributed by atoms with Crippen LogP contribution in [-0.2, 0) is 9.53 Å². The number of carbonyl (C=O) groups excluding carboxylic acids is 1. The van der Waals surface area contributed by atoms with Gasteiger partial charge in [-0.05, 0) is 36.6 Å². The number of aryl methyl sites for hydroxylation is 1. The van der Waals surface area contributed by atoms with E-state index in [1.54, 1.807) is 25.1 Å². The molecule has 0 saturated heterocycles. The summed E-state index contributed by atoms with van der Waals surface area (Å²) in [5.41, 5.74) is 2.55. The molecule has 2 aromatic carbocycles. The fourth-order valence-electron chi connectivity index (χ4n) is 2.10. The van der Waals surface area contributed by atoms with Crippen molar-refractivity contribution in [1.29, 1.82) is 0 Å². The van der Waals surface area contributed by atoms with Crippen molar-refractivity contribution < 1.29 is 14.5 Å². The van der Waals surface area contributed by atoms with Crippen molar-refractivity contribution in [2.24, 2.45) is 0 Å². The van der Waals surface area contributed by atoms with Crippen molar-refractivity contribution in [3.8, 4) is 0 Å². The minimum atomic E-state index is -0.566. The number of nitro benzene ring substituents is 1. The van der Waals surface area contributed by atoms with Gasteiger partial charge in [0.25, 0.3) is 5.69 Å². The number of ether oxygens (including phenoxy) is 1. The SMILES string of the molecule is Cc1ccccc1/C=C/C(=O)O[C@@H](C)c1cccc([N+](=O)[O-])c1. The first-order valence-corrected chi connectivity index (χ1v) is 7.16. The van der Waals surface area contributed by atoms with E-state index >= 15 is 0 Å². The third-order valence-electron chi connectivity index (χ3n) is 3.43. The van der Waals surface area contributed by atoms with Crippen molar-refractivity contribution >= 4 is 17.7 Å². The monoisotopic (exact) mass is 311 g/mol. The van der Waals surface area contributed by atoms with Crippen molar-refractivity contribution in [2.75, 3.05) is 0 Å². The van der Waals surface area contributed by atoms with E-state index in [4.69, 9.17) is 4.74 Å². The highest BCUT2D eigenvalue weighted by Gasteiger charge is 2.13. The lowest BCUT2D eigenvalue weighted by atomic mass is 10.1. The Balaban J connectivity index is 2.04. The molecule has 118 valence electrons. The number of nitro groups is 1. The van der Waals surface area contributed by atoms with Crippen LogP contribution in [-0.4, -0.2) is 10.9 Å². The summed E-state index contributed by atoms with van der Waals surface area (Å²) in [6.45, 7) is 3.63. The summed E-state index contributed by atoms with van der Waals surface area (Å²) < 4.78 is 5.28. The van der Waals surface area contributed by atoms with E-state index in [1.165, 1.54) is 18.2 Å². The average molecular weight is 311 g/mol. The summed E-state index contributed by atoms with van der Waals surface area (Å²) in [5.74, 6) is -0.493. The molecule has 0 saturated carbocycles. The van der Waals surface area contributed by atoms with E-state index in [1.807, 2.05) is 31.2 Å². The van der Waals surface area contributed by atoms with Crippen LogP contribution >= 0.6 is 0 Å². The Labute approximate surface area is 134 Å². The Bertz CT molecular complexity index is 752. The second-order valence-corrected chi connectivity index (χ2v) is 5.12. The summed E-state index contributed by atoms with van der Waals surface area (Å²) in [5, 5.41) is 10.8. The van der Waals surface area contributed by atoms with Gasteiger partial charge in [0.2, 0.25) is 0 Å². The molecule has 0 radical (unpaired) electrons. The van der Waals surface area contributed by atoms with Gasteiger partial charge in [-0.3, -0.25) is 10.1 Å². The fourth-order valence-corrected chi connectivity index (χ4v) is 2.10. The molecule has 0 amide bonds. The van der Waals surface area contributed by atoms with E-state index in [0.29, 0.717) is 5.56 Å². The molecular weight excluding hydrogens is 294 g/mol. The highest BCUT2D eigenvalue weighted by Crippen LogP contribution is 2.22. The third kappa shape index (κ3) is 4.51. The van der Waals surface area contributed by atoms with E-state index in [0.717, 1.165) is 11.1 Å². The van der Waals surface area contributed by atoms with Gasteiger partial charge in [-0.2, -0.15) is 0 Å². The molecule has 0 spiro atoms. The minimum Gasteiger partial charge on any atom is -0.455 e. The smallest absolute Gasteiger partial charge is 0.331 e. The van der Waals surface area contributed by atoms with Gasteiger partial charge >= 0.3 is 5.97 Å². The number of esters is 1. The molecule has 5 nitrogen and oxygen atoms in total. The lowest BCUT2D eigenvalue weighted by Gasteiger charge is -2.12. The molecule has 0 N–H and O–H groups in total. The highest BCUT2D eigenvalue weighted by molar-refractivity contribution is 5.87. The third-order valence-corrected chi connectivity index (χ3v) is 3.43. The first-order valence-electron chi connectivity index (χ1n) is 7.16. The van der Waals surface area contributed by atoms with Gasteiger partial charge in [0.15, 0.2) is 0 Å². The number of rotatable bonds is 5. The molecule has 2 aromatic rings. The average Bonchev–Trinajstić information content (AvgIpc) is 2.54. The van der Waals surface area contributed by atoms with Crippen molar-refractivity contribution in [3.63, 3.8) is 0 Å². The molecule has 23 heavy (non-hydrogen) atoms. The second kappa shape index (κ2) is 7.35. The second-order valence-electron chi connectivity index (χ2n) is 5.12. The molecule has 2 rings (SSSR count). The summed E-state index contributed by atoms with van der Waals surface area (Å²) in [6.07, 6.45) is 2.48. The topological polar surface area (TPSA) is 69.4 Å². The lowest BCUT2D eigenvalue weighted by molar-refractivity contribution is -0.385. The van der Waals surface area contributed by atoms with Crippen molar-refractivity contribution in [3.05, 3.63) is 81.4 Å². The lowest BCUT2D eigenvalue weighted by Crippen LogP contribution is -2.06. The normalized spacial score (nSPS) is 12.1. The maximum atomic E-state index is 11.9. The van der Waals surface area contributed by atoms with E-state index < -0.39 is 17.0 Å². The Morgan fingerprint density at radius 3 is 2.65 bits per heavy atom. The maximum Gasteiger partial charge on any atom is 0.331 e. The minimum absolute atomic E-state index is 0.0270. The molecule has 0 aromatic heterocycles. The number of non-ortho nitro benzene ring substituents is 1. The maximum absolute atomic E-state index is 11.9. The zero-order valence-corrected chi connectivity index (χ0v) is 12.9. The molecule has 1 atom stereocenters. The zero-order chi connectivity index (χ0) is 16.8. The molecular formula is C18H17NO4. The number of nitrogens with zero attached hydrogens (tertiary/aromatic N) is 1. The van der Waals surface area contributed by atoms with Gasteiger partial charge < -0.3 is 4.74 Å². The molecule has 0 aliphatic carbocycles. The summed E-state index contributed by atoms with van der Waals surface area (Å²) in [4.78, 5) is 22.2. The summed E-state index contributed by atoms with van der Waals surface area (Å²) in [7, 11) is 0. The molecule has 0 aliphatic rings. The van der Waals surface area contributed by atoms with Gasteiger partial charge in [0, 0.05) is 18.2 Å². The number of hydrogen-bond acceptors (Lipinski definition) is 4. The molecule has 5 heteroatoms. The van der Waals surface area contributed by atoms with E-state index in [2.05, 4.69) is 0 Å². The molecule has 0 fully saturated rings. The number of carbonyl (C=O) groups is 1. The summed E-state index contributed by atoms with van der Waals surface area (Å²) >= 11 is 0. The molecule has 0 heterocycles. The molecule has 0 bridgehead atoms. The predicted octanol–water partition coefficient (Wildman–Crippen LogP) is 4.22. The van der Waals surface area contributed by atoms with Crippen LogP contribution in [0.15, 0.2) is 54.6 Å². The molecule has 0 aliphatic heterocycles. The first-order chi connectivity index (χ1) is 11.0. The standard InChI is InChI=1S/C18H17NO4/c1-13-6-3-4-7-15(13)10-11-18(20)23-14(2)16-8-5-9-17(12-16)19(21)22/h3-12,14H,1-2H3/b11-10+/t14-/m0/s1. The highest BCUT2D eigenvalue weighted by atomic mass is 16.6. The Morgan fingerprint density at radius 2 is 1.96 bits per heavy atom. The van der Waals surface area contributed by atoms with Crippen LogP contribution < -0.4 is 0 Å². The largest absolute Gasteiger partial charge is 0.455 e. The van der Waals surface area contributed by atoms with Gasteiger partial charge in [-0.15, -0.1) is 0 Å². The fraction of sp³-hybridized carbons (Fsp3) is 0.167. The van der Waals surface area contributed by atoms with E-state index in [9.17, 15) is 14.9 Å². The van der Waals surface area contributed by atoms with Crippen LogP contribution in [0.1, 0.15) is 29.7 Å². The molecule has 0 unspecified atom stereocenters. The van der Waals surface area contributed by atoms with Crippen molar-refractivity contribution in [2.45, 2.75) is 20.0 Å². The van der Waals surface area contributed by atoms with Crippen LogP contribution in [0.2, 0.25) is 0 Å². The van der Waals surface area contributed by atoms with Gasteiger partial charge in [0.05, 0.1) is 4.92 Å². The van der Waals surface area contributed by atoms with Crippen LogP contribution in [0.5, 0.6) is 0 Å². The quantitative estimate of drug-likeness (QED) is 0.359. The zero-order valence-electron chi connectivity index (χ0n) is 12.9. The summed E-state index contributed by atoms with van der Waals surface area (Å²) in [6, 6.07) is 13.7. The number of hydrogen-bond donors (Lipinski definition) is 0. The predicted molar refractivity (Wildman–Crippen MR) is 87.8 cm³/mol. The van der Waals surface area contributed by atoms with Crippen molar-refractivity contribution in [1.82, 2.24) is 0 Å². The van der Waals surface area contributed by atoms with Crippen LogP contribution in [0, 0.1) is 17.0 Å². The van der Waals surface area contributed by atoms with Gasteiger partial charge in [-0.25, -0.2) is 4.79 Å². The van der Waals surface area contributed by atoms with Crippen LogP contribution in [0.3, 0.4) is 0 Å². The number of benzene rings is 2. The van der Waals surface area contributed by atoms with Gasteiger partial charge in [0.1, 0.15) is 6.10 Å². The van der Waals surface area contributed by atoms with Crippen LogP contribution in [0.25, 0.3) is 6.08 Å². The van der Waals surface area contributed by atoms with E-state index in [-0.39, 0.29) is 5.69 Å². The Hall–Kier alpha value is -2.95. The Morgan fingerprint density at radius 1 is 1.22 bits per heavy atom. The van der Waals surface area contributed by atoms with Gasteiger partial charge in [-0.1, -0.05) is 36.4 Å².